The molecule has 1 aromatic heterocycles. The molecule has 0 aliphatic carbocycles. The van der Waals surface area contributed by atoms with Crippen molar-refractivity contribution in [3.8, 4) is 5.75 Å². The number of ether oxygens (including phenoxy) is 1. The number of sulfonamides is 1. The van der Waals surface area contributed by atoms with Crippen molar-refractivity contribution >= 4 is 31.6 Å². The SMILES string of the molecule is COc1cc(C)c([C@H](C)NS(=O)(=O)c2ccc3c(c2)sc(=O)n3C)cc1C(C)C. The first-order valence-corrected chi connectivity index (χ1v) is 11.7. The molecule has 0 saturated carbocycles. The molecule has 0 radical (unpaired) electrons. The van der Waals surface area contributed by atoms with E-state index in [0.717, 1.165) is 39.3 Å². The van der Waals surface area contributed by atoms with Crippen molar-refractivity contribution in [1.82, 2.24) is 9.29 Å². The Morgan fingerprint density at radius 1 is 1.10 bits per heavy atom. The van der Waals surface area contributed by atoms with Crippen LogP contribution in [0.5, 0.6) is 5.75 Å². The highest BCUT2D eigenvalue weighted by Crippen LogP contribution is 2.32. The highest BCUT2D eigenvalue weighted by molar-refractivity contribution is 7.89. The Kier molecular flexibility index (Phi) is 5.89. The summed E-state index contributed by atoms with van der Waals surface area (Å²) in [6, 6.07) is 8.29. The van der Waals surface area contributed by atoms with Gasteiger partial charge in [-0.15, -0.1) is 0 Å². The van der Waals surface area contributed by atoms with Gasteiger partial charge < -0.3 is 9.30 Å². The number of aryl methyl sites for hydroxylation is 2. The van der Waals surface area contributed by atoms with Crippen LogP contribution in [-0.4, -0.2) is 20.1 Å². The van der Waals surface area contributed by atoms with Crippen LogP contribution in [0.2, 0.25) is 0 Å². The number of aromatic nitrogens is 1. The Morgan fingerprint density at radius 2 is 1.79 bits per heavy atom. The van der Waals surface area contributed by atoms with Crippen LogP contribution < -0.4 is 14.3 Å². The molecule has 156 valence electrons. The van der Waals surface area contributed by atoms with Crippen LogP contribution in [0.4, 0.5) is 0 Å². The molecule has 0 bridgehead atoms. The first-order chi connectivity index (χ1) is 13.5. The van der Waals surface area contributed by atoms with E-state index in [9.17, 15) is 13.2 Å². The molecular weight excluding hydrogens is 408 g/mol. The van der Waals surface area contributed by atoms with Gasteiger partial charge in [0, 0.05) is 13.1 Å². The summed E-state index contributed by atoms with van der Waals surface area (Å²) in [5.74, 6) is 1.05. The Bertz CT molecular complexity index is 1220. The molecule has 6 nitrogen and oxygen atoms in total. The Morgan fingerprint density at radius 3 is 2.41 bits per heavy atom. The maximum absolute atomic E-state index is 13.0. The van der Waals surface area contributed by atoms with Crippen LogP contribution in [0, 0.1) is 6.92 Å². The van der Waals surface area contributed by atoms with Gasteiger partial charge in [-0.25, -0.2) is 13.1 Å². The number of fused-ring (bicyclic) bond motifs is 1. The molecule has 29 heavy (non-hydrogen) atoms. The van der Waals surface area contributed by atoms with Crippen molar-refractivity contribution in [2.24, 2.45) is 7.05 Å². The van der Waals surface area contributed by atoms with Crippen molar-refractivity contribution in [1.29, 1.82) is 0 Å². The summed E-state index contributed by atoms with van der Waals surface area (Å²) in [6.07, 6.45) is 0. The van der Waals surface area contributed by atoms with E-state index in [1.165, 1.54) is 10.6 Å². The fraction of sp³-hybridized carbons (Fsp3) is 0.381. The number of benzene rings is 2. The number of nitrogens with zero attached hydrogens (tertiary/aromatic N) is 1. The fourth-order valence-corrected chi connectivity index (χ4v) is 5.70. The first-order valence-electron chi connectivity index (χ1n) is 9.35. The second kappa shape index (κ2) is 7.93. The third kappa shape index (κ3) is 4.10. The Balaban J connectivity index is 1.96. The second-order valence-corrected chi connectivity index (χ2v) is 10.2. The van der Waals surface area contributed by atoms with Crippen LogP contribution in [0.15, 0.2) is 40.0 Å². The zero-order valence-corrected chi connectivity index (χ0v) is 19.1. The van der Waals surface area contributed by atoms with Crippen molar-refractivity contribution in [2.45, 2.75) is 44.6 Å². The summed E-state index contributed by atoms with van der Waals surface area (Å²) >= 11 is 1.04. The van der Waals surface area contributed by atoms with Crippen molar-refractivity contribution in [3.63, 3.8) is 0 Å². The minimum Gasteiger partial charge on any atom is -0.496 e. The molecule has 0 fully saturated rings. The molecular formula is C21H26N2O4S2. The monoisotopic (exact) mass is 434 g/mol. The fourth-order valence-electron chi connectivity index (χ4n) is 3.46. The van der Waals surface area contributed by atoms with E-state index in [4.69, 9.17) is 4.74 Å². The molecule has 3 aromatic rings. The summed E-state index contributed by atoms with van der Waals surface area (Å²) < 4.78 is 36.4. The van der Waals surface area contributed by atoms with Crippen LogP contribution >= 0.6 is 11.3 Å². The van der Waals surface area contributed by atoms with Crippen molar-refractivity contribution < 1.29 is 13.2 Å². The predicted octanol–water partition coefficient (Wildman–Crippen LogP) is 4.08. The van der Waals surface area contributed by atoms with Crippen LogP contribution in [0.1, 0.15) is 49.4 Å². The van der Waals surface area contributed by atoms with Gasteiger partial charge in [0.25, 0.3) is 0 Å². The van der Waals surface area contributed by atoms with Gasteiger partial charge in [-0.1, -0.05) is 25.2 Å². The van der Waals surface area contributed by atoms with Crippen molar-refractivity contribution in [2.75, 3.05) is 7.11 Å². The summed E-state index contributed by atoms with van der Waals surface area (Å²) in [7, 11) is -0.440. The Hall–Kier alpha value is -2.16. The first kappa shape index (κ1) is 21.5. The van der Waals surface area contributed by atoms with E-state index >= 15 is 0 Å². The second-order valence-electron chi connectivity index (χ2n) is 7.50. The highest BCUT2D eigenvalue weighted by atomic mass is 32.2. The van der Waals surface area contributed by atoms with Gasteiger partial charge in [0.2, 0.25) is 10.0 Å². The van der Waals surface area contributed by atoms with Crippen molar-refractivity contribution in [3.05, 3.63) is 56.7 Å². The zero-order valence-electron chi connectivity index (χ0n) is 17.4. The largest absolute Gasteiger partial charge is 0.496 e. The lowest BCUT2D eigenvalue weighted by atomic mass is 9.94. The quantitative estimate of drug-likeness (QED) is 0.634. The molecule has 8 heteroatoms. The standard InChI is InChI=1S/C21H26N2O4S2/c1-12(2)16-11-17(13(3)9-19(16)27-6)14(4)22-29(25,26)15-7-8-18-20(10-15)28-21(24)23(18)5/h7-12,14,22H,1-6H3/t14-/m0/s1. The molecule has 1 heterocycles. The topological polar surface area (TPSA) is 77.4 Å². The molecule has 1 atom stereocenters. The maximum atomic E-state index is 13.0. The molecule has 3 rings (SSSR count). The molecule has 0 saturated heterocycles. The van der Waals surface area contributed by atoms with Gasteiger partial charge in [-0.2, -0.15) is 0 Å². The zero-order chi connectivity index (χ0) is 21.5. The number of hydrogen-bond donors (Lipinski definition) is 1. The summed E-state index contributed by atoms with van der Waals surface area (Å²) in [4.78, 5) is 11.9. The van der Waals surface area contributed by atoms with Gasteiger partial charge in [0.15, 0.2) is 0 Å². The normalized spacial score (nSPS) is 13.2. The maximum Gasteiger partial charge on any atom is 0.307 e. The molecule has 0 aliphatic rings. The van der Waals surface area contributed by atoms with Gasteiger partial charge >= 0.3 is 4.87 Å². The van der Waals surface area contributed by atoms with E-state index in [0.29, 0.717) is 4.70 Å². The van der Waals surface area contributed by atoms with Gasteiger partial charge in [0.05, 0.1) is 22.2 Å². The molecule has 0 unspecified atom stereocenters. The lowest BCUT2D eigenvalue weighted by Gasteiger charge is -2.21. The van der Waals surface area contributed by atoms with Gasteiger partial charge in [-0.05, 0) is 66.8 Å². The van der Waals surface area contributed by atoms with E-state index in [-0.39, 0.29) is 15.7 Å². The van der Waals surface area contributed by atoms with Crippen LogP contribution in [0.3, 0.4) is 0 Å². The smallest absolute Gasteiger partial charge is 0.307 e. The van der Waals surface area contributed by atoms with Crippen LogP contribution in [0.25, 0.3) is 10.2 Å². The molecule has 0 spiro atoms. The molecule has 2 aromatic carbocycles. The summed E-state index contributed by atoms with van der Waals surface area (Å²) in [6.45, 7) is 7.93. The molecule has 1 N–H and O–H groups in total. The summed E-state index contributed by atoms with van der Waals surface area (Å²) in [5.41, 5.74) is 3.62. The average molecular weight is 435 g/mol. The van der Waals surface area contributed by atoms with E-state index in [2.05, 4.69) is 18.6 Å². The predicted molar refractivity (Wildman–Crippen MR) is 118 cm³/mol. The minimum atomic E-state index is -3.75. The number of nitrogens with one attached hydrogen (secondary N) is 1. The average Bonchev–Trinajstić information content (AvgIpc) is 2.94. The molecule has 0 aliphatic heterocycles. The highest BCUT2D eigenvalue weighted by Gasteiger charge is 2.22. The van der Waals surface area contributed by atoms with Gasteiger partial charge in [-0.3, -0.25) is 4.79 Å². The third-order valence-corrected chi connectivity index (χ3v) is 7.65. The third-order valence-electron chi connectivity index (χ3n) is 5.11. The number of thiazole rings is 1. The number of hydrogen-bond acceptors (Lipinski definition) is 5. The number of methoxy groups -OCH3 is 1. The van der Waals surface area contributed by atoms with E-state index in [1.54, 1.807) is 26.3 Å². The molecule has 0 amide bonds. The lowest BCUT2D eigenvalue weighted by molar-refractivity contribution is 0.406. The minimum absolute atomic E-state index is 0.119. The van der Waals surface area contributed by atoms with Gasteiger partial charge in [0.1, 0.15) is 5.75 Å². The van der Waals surface area contributed by atoms with E-state index in [1.807, 2.05) is 26.0 Å². The lowest BCUT2D eigenvalue weighted by Crippen LogP contribution is -2.27. The van der Waals surface area contributed by atoms with E-state index < -0.39 is 16.1 Å². The van der Waals surface area contributed by atoms with Crippen LogP contribution in [-0.2, 0) is 17.1 Å². The summed E-state index contributed by atoms with van der Waals surface area (Å²) in [5, 5.41) is 0. The Labute approximate surface area is 175 Å². The number of rotatable bonds is 6.